The lowest BCUT2D eigenvalue weighted by molar-refractivity contribution is -0.385. The average Bonchev–Trinajstić information content (AvgIpc) is 3.28. The lowest BCUT2D eigenvalue weighted by atomic mass is 9.99. The van der Waals surface area contributed by atoms with Crippen LogP contribution in [-0.2, 0) is 13.0 Å². The SMILES string of the molecule is CCc1cc(-c2nnn(Cc3c(F)cccc3[N+](=O)[O-])c2-c2ccc3c(c2)OCCO3)c(O)cc1O. The molecule has 4 aromatic rings. The second kappa shape index (κ2) is 9.17. The fourth-order valence-corrected chi connectivity index (χ4v) is 4.20. The Balaban J connectivity index is 1.72. The number of benzene rings is 3. The number of hydrogen-bond donors (Lipinski definition) is 2. The van der Waals surface area contributed by atoms with Crippen molar-refractivity contribution in [2.24, 2.45) is 0 Å². The van der Waals surface area contributed by atoms with E-state index in [0.29, 0.717) is 53.5 Å². The molecular formula is C25H21FN4O6. The molecule has 36 heavy (non-hydrogen) atoms. The van der Waals surface area contributed by atoms with Crippen LogP contribution in [0, 0.1) is 15.9 Å². The Morgan fingerprint density at radius 1 is 1.08 bits per heavy atom. The van der Waals surface area contributed by atoms with Crippen LogP contribution in [0.3, 0.4) is 0 Å². The smallest absolute Gasteiger partial charge is 0.277 e. The van der Waals surface area contributed by atoms with Gasteiger partial charge in [-0.1, -0.05) is 18.2 Å². The predicted molar refractivity (Wildman–Crippen MR) is 127 cm³/mol. The minimum Gasteiger partial charge on any atom is -0.508 e. The highest BCUT2D eigenvalue weighted by Gasteiger charge is 2.26. The predicted octanol–water partition coefficient (Wildman–Crippen LogP) is 4.45. The molecule has 5 rings (SSSR count). The van der Waals surface area contributed by atoms with E-state index in [2.05, 4.69) is 10.3 Å². The number of nitrogens with zero attached hydrogens (tertiary/aromatic N) is 4. The summed E-state index contributed by atoms with van der Waals surface area (Å²) in [4.78, 5) is 10.9. The lowest BCUT2D eigenvalue weighted by Crippen LogP contribution is -2.15. The van der Waals surface area contributed by atoms with Gasteiger partial charge in [0, 0.05) is 23.3 Å². The summed E-state index contributed by atoms with van der Waals surface area (Å²) in [6, 6.07) is 11.6. The van der Waals surface area contributed by atoms with Gasteiger partial charge in [0.2, 0.25) is 0 Å². The Morgan fingerprint density at radius 2 is 1.86 bits per heavy atom. The lowest BCUT2D eigenvalue weighted by Gasteiger charge is -2.19. The highest BCUT2D eigenvalue weighted by atomic mass is 19.1. The van der Waals surface area contributed by atoms with Gasteiger partial charge in [-0.15, -0.1) is 5.10 Å². The Hall–Kier alpha value is -4.67. The van der Waals surface area contributed by atoms with Gasteiger partial charge in [-0.2, -0.15) is 0 Å². The zero-order valence-electron chi connectivity index (χ0n) is 19.1. The molecular weight excluding hydrogens is 471 g/mol. The van der Waals surface area contributed by atoms with Gasteiger partial charge in [-0.25, -0.2) is 9.07 Å². The molecule has 0 bridgehead atoms. The monoisotopic (exact) mass is 492 g/mol. The van der Waals surface area contributed by atoms with Crippen LogP contribution in [0.2, 0.25) is 0 Å². The van der Waals surface area contributed by atoms with Crippen LogP contribution in [0.5, 0.6) is 23.0 Å². The first-order chi connectivity index (χ1) is 17.4. The van der Waals surface area contributed by atoms with Gasteiger partial charge < -0.3 is 19.7 Å². The Kier molecular flexibility index (Phi) is 5.88. The summed E-state index contributed by atoms with van der Waals surface area (Å²) < 4.78 is 27.4. The molecule has 184 valence electrons. The summed E-state index contributed by atoms with van der Waals surface area (Å²) in [7, 11) is 0. The fourth-order valence-electron chi connectivity index (χ4n) is 4.20. The number of rotatable bonds is 6. The topological polar surface area (TPSA) is 133 Å². The van der Waals surface area contributed by atoms with Crippen molar-refractivity contribution in [2.45, 2.75) is 19.9 Å². The first-order valence-electron chi connectivity index (χ1n) is 11.2. The van der Waals surface area contributed by atoms with E-state index >= 15 is 0 Å². The largest absolute Gasteiger partial charge is 0.508 e. The highest BCUT2D eigenvalue weighted by Crippen LogP contribution is 2.42. The second-order valence-corrected chi connectivity index (χ2v) is 8.15. The van der Waals surface area contributed by atoms with E-state index in [-0.39, 0.29) is 35.0 Å². The standard InChI is InChI=1S/C25H21FN4O6/c1-2-14-10-16(21(32)12-20(14)31)24-25(15-6-7-22-23(11-15)36-9-8-35-22)29(28-27-24)13-17-18(26)4-3-5-19(17)30(33)34/h3-7,10-12,31-32H,2,8-9,13H2,1H3. The van der Waals surface area contributed by atoms with E-state index in [1.807, 2.05) is 6.92 Å². The van der Waals surface area contributed by atoms with Crippen LogP contribution < -0.4 is 9.47 Å². The third-order valence-electron chi connectivity index (χ3n) is 5.98. The highest BCUT2D eigenvalue weighted by molar-refractivity contribution is 5.83. The number of phenols is 2. The molecule has 0 saturated carbocycles. The Bertz CT molecular complexity index is 1490. The number of nitro groups is 1. The number of hydrogen-bond acceptors (Lipinski definition) is 8. The van der Waals surface area contributed by atoms with Gasteiger partial charge in [0.05, 0.1) is 22.7 Å². The van der Waals surface area contributed by atoms with Crippen LogP contribution in [0.4, 0.5) is 10.1 Å². The minimum atomic E-state index is -0.755. The van der Waals surface area contributed by atoms with Crippen LogP contribution in [-0.4, -0.2) is 43.3 Å². The number of aromatic nitrogens is 3. The molecule has 0 unspecified atom stereocenters. The molecule has 0 fully saturated rings. The van der Waals surface area contributed by atoms with Gasteiger partial charge in [0.25, 0.3) is 5.69 Å². The number of phenolic OH excluding ortho intramolecular Hbond substituents is 2. The maximum Gasteiger partial charge on any atom is 0.277 e. The molecule has 11 heteroatoms. The number of fused-ring (bicyclic) bond motifs is 1. The number of aromatic hydroxyl groups is 2. The summed E-state index contributed by atoms with van der Waals surface area (Å²) in [5, 5.41) is 40.8. The molecule has 0 atom stereocenters. The molecule has 0 amide bonds. The molecule has 0 saturated heterocycles. The zero-order chi connectivity index (χ0) is 25.4. The number of ether oxygens (including phenoxy) is 2. The maximum absolute atomic E-state index is 14.7. The molecule has 2 heterocycles. The molecule has 1 aliphatic heterocycles. The molecule has 0 radical (unpaired) electrons. The van der Waals surface area contributed by atoms with Gasteiger partial charge in [-0.05, 0) is 42.3 Å². The van der Waals surface area contributed by atoms with Crippen molar-refractivity contribution in [1.82, 2.24) is 15.0 Å². The second-order valence-electron chi connectivity index (χ2n) is 8.15. The molecule has 0 aliphatic carbocycles. The van der Waals surface area contributed by atoms with Crippen molar-refractivity contribution in [3.8, 4) is 45.5 Å². The first kappa shape index (κ1) is 23.1. The first-order valence-corrected chi connectivity index (χ1v) is 11.2. The quantitative estimate of drug-likeness (QED) is 0.298. The van der Waals surface area contributed by atoms with Crippen molar-refractivity contribution in [3.05, 3.63) is 75.6 Å². The van der Waals surface area contributed by atoms with Gasteiger partial charge in [0.1, 0.15) is 36.2 Å². The van der Waals surface area contributed by atoms with E-state index in [4.69, 9.17) is 9.47 Å². The number of halogens is 1. The van der Waals surface area contributed by atoms with Crippen molar-refractivity contribution < 1.29 is 29.0 Å². The van der Waals surface area contributed by atoms with Gasteiger partial charge in [-0.3, -0.25) is 10.1 Å². The van der Waals surface area contributed by atoms with E-state index in [1.165, 1.54) is 22.9 Å². The normalized spacial score (nSPS) is 12.5. The molecule has 2 N–H and O–H groups in total. The minimum absolute atomic E-state index is 0.0611. The van der Waals surface area contributed by atoms with Crippen molar-refractivity contribution >= 4 is 5.69 Å². The fraction of sp³-hybridized carbons (Fsp3) is 0.200. The van der Waals surface area contributed by atoms with Crippen LogP contribution in [0.25, 0.3) is 22.5 Å². The van der Waals surface area contributed by atoms with Gasteiger partial charge >= 0.3 is 0 Å². The number of aryl methyl sites for hydroxylation is 1. The third-order valence-corrected chi connectivity index (χ3v) is 5.98. The average molecular weight is 492 g/mol. The summed E-state index contributed by atoms with van der Waals surface area (Å²) in [6.07, 6.45) is 0.494. The van der Waals surface area contributed by atoms with Crippen LogP contribution in [0.1, 0.15) is 18.1 Å². The van der Waals surface area contributed by atoms with Crippen molar-refractivity contribution in [2.75, 3.05) is 13.2 Å². The summed E-state index contributed by atoms with van der Waals surface area (Å²) in [5.74, 6) is -0.00824. The van der Waals surface area contributed by atoms with Crippen LogP contribution in [0.15, 0.2) is 48.5 Å². The van der Waals surface area contributed by atoms with E-state index in [9.17, 15) is 24.7 Å². The van der Waals surface area contributed by atoms with Crippen molar-refractivity contribution in [1.29, 1.82) is 0 Å². The van der Waals surface area contributed by atoms with Crippen molar-refractivity contribution in [3.63, 3.8) is 0 Å². The van der Waals surface area contributed by atoms with E-state index < -0.39 is 10.7 Å². The Morgan fingerprint density at radius 3 is 2.61 bits per heavy atom. The zero-order valence-corrected chi connectivity index (χ0v) is 19.1. The number of nitro benzene ring substituents is 1. The molecule has 0 spiro atoms. The van der Waals surface area contributed by atoms with Gasteiger partial charge in [0.15, 0.2) is 11.5 Å². The molecule has 10 nitrogen and oxygen atoms in total. The van der Waals surface area contributed by atoms with E-state index in [0.717, 1.165) is 6.07 Å². The maximum atomic E-state index is 14.7. The van der Waals surface area contributed by atoms with Crippen LogP contribution >= 0.6 is 0 Å². The summed E-state index contributed by atoms with van der Waals surface area (Å²) in [6.45, 7) is 2.33. The third kappa shape index (κ3) is 4.04. The summed E-state index contributed by atoms with van der Waals surface area (Å²) >= 11 is 0. The Labute approximate surface area is 204 Å². The van der Waals surface area contributed by atoms with E-state index in [1.54, 1.807) is 24.3 Å². The molecule has 1 aliphatic rings. The molecule has 1 aromatic heterocycles. The summed E-state index contributed by atoms with van der Waals surface area (Å²) in [5.41, 5.74) is 1.50. The molecule has 3 aromatic carbocycles.